The number of ether oxygens (including phenoxy) is 1. The predicted octanol–water partition coefficient (Wildman–Crippen LogP) is 3.31. The van der Waals surface area contributed by atoms with Gasteiger partial charge in [-0.2, -0.15) is 0 Å². The quantitative estimate of drug-likeness (QED) is 0.308. The number of hydrogen-bond acceptors (Lipinski definition) is 8. The van der Waals surface area contributed by atoms with E-state index in [-0.39, 0.29) is 16.9 Å². The van der Waals surface area contributed by atoms with Gasteiger partial charge in [0.15, 0.2) is 11.5 Å². The highest BCUT2D eigenvalue weighted by molar-refractivity contribution is 6.04. The molecule has 1 unspecified atom stereocenters. The summed E-state index contributed by atoms with van der Waals surface area (Å²) < 4.78 is 8.12. The monoisotopic (exact) mass is 556 g/mol. The average Bonchev–Trinajstić information content (AvgIpc) is 3.36. The zero-order chi connectivity index (χ0) is 29.2. The van der Waals surface area contributed by atoms with Crippen LogP contribution in [0.15, 0.2) is 90.1 Å². The van der Waals surface area contributed by atoms with Gasteiger partial charge in [-0.1, -0.05) is 36.1 Å². The van der Waals surface area contributed by atoms with Crippen LogP contribution in [0.1, 0.15) is 40.3 Å². The summed E-state index contributed by atoms with van der Waals surface area (Å²) in [5, 5.41) is 7.45. The van der Waals surface area contributed by atoms with Crippen LogP contribution in [0.4, 0.5) is 5.82 Å². The highest BCUT2D eigenvalue weighted by Crippen LogP contribution is 2.22. The van der Waals surface area contributed by atoms with Crippen molar-refractivity contribution in [2.75, 3.05) is 12.8 Å². The van der Waals surface area contributed by atoms with E-state index < -0.39 is 11.9 Å². The summed E-state index contributed by atoms with van der Waals surface area (Å²) >= 11 is 0. The predicted molar refractivity (Wildman–Crippen MR) is 157 cm³/mol. The highest BCUT2D eigenvalue weighted by Gasteiger charge is 2.24. The first-order valence-electron chi connectivity index (χ1n) is 13.0. The first kappa shape index (κ1) is 26.2. The highest BCUT2D eigenvalue weighted by atomic mass is 16.5. The number of nitrogen functional groups attached to an aromatic ring is 1. The molecule has 3 N–H and O–H groups in total. The SMILES string of the molecule is COc1cc(C#Cc2cccc3nc(C(C)NC(=O)c4c(N)nn5cccnc45)n(-c4ccccc4)c(=O)c23)ccn1. The number of fused-ring (bicyclic) bond motifs is 2. The lowest BCUT2D eigenvalue weighted by Gasteiger charge is -2.20. The summed E-state index contributed by atoms with van der Waals surface area (Å²) in [6.07, 6.45) is 4.82. The van der Waals surface area contributed by atoms with Gasteiger partial charge in [-0.3, -0.25) is 14.2 Å². The Bertz CT molecular complexity index is 2090. The first-order chi connectivity index (χ1) is 20.4. The molecule has 0 saturated carbocycles. The second-order valence-electron chi connectivity index (χ2n) is 9.33. The number of amides is 1. The van der Waals surface area contributed by atoms with E-state index in [1.54, 1.807) is 74.0 Å². The minimum atomic E-state index is -0.702. The Kier molecular flexibility index (Phi) is 6.78. The van der Waals surface area contributed by atoms with Crippen molar-refractivity contribution in [3.63, 3.8) is 0 Å². The normalized spacial score (nSPS) is 11.6. The van der Waals surface area contributed by atoms with Gasteiger partial charge >= 0.3 is 0 Å². The van der Waals surface area contributed by atoms with Crippen LogP contribution in [0.25, 0.3) is 22.2 Å². The number of pyridine rings is 1. The van der Waals surface area contributed by atoms with E-state index in [1.807, 2.05) is 18.2 Å². The Morgan fingerprint density at radius 3 is 2.67 bits per heavy atom. The minimum absolute atomic E-state index is 0.0420. The molecule has 6 rings (SSSR count). The lowest BCUT2D eigenvalue weighted by atomic mass is 10.1. The van der Waals surface area contributed by atoms with Crippen LogP contribution >= 0.6 is 0 Å². The number of anilines is 1. The number of rotatable bonds is 5. The summed E-state index contributed by atoms with van der Waals surface area (Å²) in [6.45, 7) is 1.75. The largest absolute Gasteiger partial charge is 0.481 e. The van der Waals surface area contributed by atoms with Crippen LogP contribution in [0.5, 0.6) is 5.88 Å². The van der Waals surface area contributed by atoms with Gasteiger partial charge < -0.3 is 15.8 Å². The van der Waals surface area contributed by atoms with Crippen molar-refractivity contribution in [1.29, 1.82) is 0 Å². The number of carbonyl (C=O) groups excluding carboxylic acids is 1. The molecule has 0 bridgehead atoms. The van der Waals surface area contributed by atoms with Gasteiger partial charge in [-0.15, -0.1) is 5.10 Å². The van der Waals surface area contributed by atoms with Crippen LogP contribution in [-0.4, -0.2) is 42.2 Å². The van der Waals surface area contributed by atoms with E-state index in [9.17, 15) is 9.59 Å². The van der Waals surface area contributed by atoms with Gasteiger partial charge in [-0.05, 0) is 43.3 Å². The molecule has 4 aromatic heterocycles. The van der Waals surface area contributed by atoms with Crippen LogP contribution in [0.3, 0.4) is 0 Å². The fourth-order valence-corrected chi connectivity index (χ4v) is 4.66. The van der Waals surface area contributed by atoms with Crippen LogP contribution in [0, 0.1) is 11.8 Å². The number of hydrogen-bond donors (Lipinski definition) is 2. The lowest BCUT2D eigenvalue weighted by molar-refractivity contribution is 0.0940. The molecule has 11 heteroatoms. The summed E-state index contributed by atoms with van der Waals surface area (Å²) in [4.78, 5) is 40.8. The molecule has 0 fully saturated rings. The van der Waals surface area contributed by atoms with Gasteiger partial charge in [0.05, 0.1) is 29.7 Å². The van der Waals surface area contributed by atoms with Crippen molar-refractivity contribution in [2.45, 2.75) is 13.0 Å². The van der Waals surface area contributed by atoms with E-state index in [2.05, 4.69) is 32.2 Å². The number of carbonyl (C=O) groups is 1. The maximum Gasteiger partial charge on any atom is 0.267 e. The summed E-state index contributed by atoms with van der Waals surface area (Å²) in [5.41, 5.74) is 8.44. The van der Waals surface area contributed by atoms with Crippen molar-refractivity contribution in [1.82, 2.24) is 34.4 Å². The Hall–Kier alpha value is -6.02. The molecule has 0 aliphatic rings. The summed E-state index contributed by atoms with van der Waals surface area (Å²) in [5.74, 6) is 6.52. The molecule has 0 aliphatic heterocycles. The third kappa shape index (κ3) is 4.77. The fourth-order valence-electron chi connectivity index (χ4n) is 4.66. The van der Waals surface area contributed by atoms with Crippen molar-refractivity contribution in [2.24, 2.45) is 0 Å². The third-order valence-corrected chi connectivity index (χ3v) is 6.61. The minimum Gasteiger partial charge on any atom is -0.481 e. The molecule has 2 aromatic carbocycles. The Balaban J connectivity index is 1.47. The lowest BCUT2D eigenvalue weighted by Crippen LogP contribution is -2.33. The van der Waals surface area contributed by atoms with E-state index in [0.29, 0.717) is 45.1 Å². The summed E-state index contributed by atoms with van der Waals surface area (Å²) in [6, 6.07) is 18.9. The van der Waals surface area contributed by atoms with Crippen molar-refractivity contribution >= 4 is 28.3 Å². The first-order valence-corrected chi connectivity index (χ1v) is 13.0. The van der Waals surface area contributed by atoms with Crippen LogP contribution in [-0.2, 0) is 0 Å². The van der Waals surface area contributed by atoms with Crippen molar-refractivity contribution < 1.29 is 9.53 Å². The Morgan fingerprint density at radius 1 is 1.02 bits per heavy atom. The number of methoxy groups -OCH3 is 1. The number of aromatic nitrogens is 6. The van der Waals surface area contributed by atoms with Gasteiger partial charge in [0.25, 0.3) is 11.5 Å². The second-order valence-corrected chi connectivity index (χ2v) is 9.33. The van der Waals surface area contributed by atoms with Crippen molar-refractivity contribution in [3.8, 4) is 23.4 Å². The zero-order valence-corrected chi connectivity index (χ0v) is 22.6. The number of nitrogens with two attached hydrogens (primary N) is 1. The molecule has 0 spiro atoms. The molecule has 4 heterocycles. The third-order valence-electron chi connectivity index (χ3n) is 6.61. The van der Waals surface area contributed by atoms with Gasteiger partial charge in [-0.25, -0.2) is 19.5 Å². The fraction of sp³-hybridized carbons (Fsp3) is 0.0968. The molecule has 0 aliphatic carbocycles. The van der Waals surface area contributed by atoms with E-state index in [0.717, 1.165) is 0 Å². The smallest absolute Gasteiger partial charge is 0.267 e. The van der Waals surface area contributed by atoms with Gasteiger partial charge in [0.2, 0.25) is 5.88 Å². The molecule has 0 radical (unpaired) electrons. The standard InChI is InChI=1S/C31H24N8O3/c1-19(35-30(40)26-27(32)37-38-17-7-15-34-29(26)38)28-36-23-11-6-8-21(13-12-20-14-16-33-24(18-20)42-2)25(23)31(41)39(28)22-9-4-3-5-10-22/h3-11,14-19H,1-2H3,(H2,32,37)(H,35,40). The number of nitrogens with zero attached hydrogens (tertiary/aromatic N) is 6. The number of para-hydroxylation sites is 1. The molecular weight excluding hydrogens is 532 g/mol. The maximum atomic E-state index is 14.2. The van der Waals surface area contributed by atoms with Crippen LogP contribution < -0.4 is 21.3 Å². The average molecular weight is 557 g/mol. The summed E-state index contributed by atoms with van der Waals surface area (Å²) in [7, 11) is 1.53. The molecule has 206 valence electrons. The van der Waals surface area contributed by atoms with Crippen molar-refractivity contribution in [3.05, 3.63) is 118 Å². The molecule has 1 amide bonds. The second kappa shape index (κ2) is 10.9. The van der Waals surface area contributed by atoms with E-state index >= 15 is 0 Å². The van der Waals surface area contributed by atoms with E-state index in [1.165, 1.54) is 16.2 Å². The maximum absolute atomic E-state index is 14.2. The molecule has 1 atom stereocenters. The Morgan fingerprint density at radius 2 is 1.86 bits per heavy atom. The Labute approximate surface area is 239 Å². The number of benzene rings is 2. The van der Waals surface area contributed by atoms with E-state index in [4.69, 9.17) is 15.5 Å². The topological polar surface area (TPSA) is 142 Å². The molecule has 6 aromatic rings. The zero-order valence-electron chi connectivity index (χ0n) is 22.6. The molecular formula is C31H24N8O3. The van der Waals surface area contributed by atoms with Gasteiger partial charge in [0.1, 0.15) is 11.4 Å². The van der Waals surface area contributed by atoms with Gasteiger partial charge in [0, 0.05) is 35.8 Å². The molecule has 0 saturated heterocycles. The number of nitrogens with one attached hydrogen (secondary N) is 1. The molecule has 42 heavy (non-hydrogen) atoms. The molecule has 11 nitrogen and oxygen atoms in total. The van der Waals surface area contributed by atoms with Crippen LogP contribution in [0.2, 0.25) is 0 Å².